The zero-order valence-electron chi connectivity index (χ0n) is 8.39. The van der Waals surface area contributed by atoms with Crippen LogP contribution >= 0.6 is 15.9 Å². The molecule has 0 aromatic heterocycles. The molecule has 0 aliphatic carbocycles. The monoisotopic (exact) mass is 238 g/mol. The first-order chi connectivity index (χ1) is 5.96. The van der Waals surface area contributed by atoms with Crippen molar-refractivity contribution in [1.29, 1.82) is 0 Å². The number of rotatable bonds is 1. The van der Waals surface area contributed by atoms with Crippen molar-refractivity contribution in [1.82, 2.24) is 0 Å². The van der Waals surface area contributed by atoms with Gasteiger partial charge in [0, 0.05) is 4.47 Å². The summed E-state index contributed by atoms with van der Waals surface area (Å²) in [6, 6.07) is 6.28. The van der Waals surface area contributed by atoms with Gasteiger partial charge in [-0.1, -0.05) is 51.6 Å². The molecule has 0 aliphatic rings. The van der Waals surface area contributed by atoms with Gasteiger partial charge in [0.15, 0.2) is 0 Å². The van der Waals surface area contributed by atoms with Gasteiger partial charge in [-0.05, 0) is 32.5 Å². The minimum absolute atomic E-state index is 0.178. The molecule has 0 saturated heterocycles. The standard InChI is InChI=1S/C12H15Br/c1-5-9-7-6-8-10(11(9)13)12(2,3)4/h5-8H,1H2,2-4H3. The van der Waals surface area contributed by atoms with Crippen LogP contribution in [0.3, 0.4) is 0 Å². The Morgan fingerprint density at radius 3 is 2.38 bits per heavy atom. The summed E-state index contributed by atoms with van der Waals surface area (Å²) in [5.74, 6) is 0. The zero-order chi connectivity index (χ0) is 10.1. The summed E-state index contributed by atoms with van der Waals surface area (Å²) in [4.78, 5) is 0. The van der Waals surface area contributed by atoms with Crippen molar-refractivity contribution in [3.05, 3.63) is 40.4 Å². The molecule has 0 atom stereocenters. The van der Waals surface area contributed by atoms with Gasteiger partial charge < -0.3 is 0 Å². The number of hydrogen-bond donors (Lipinski definition) is 0. The average molecular weight is 239 g/mol. The van der Waals surface area contributed by atoms with E-state index in [2.05, 4.69) is 61.5 Å². The highest BCUT2D eigenvalue weighted by Gasteiger charge is 2.17. The molecule has 1 rings (SSSR count). The van der Waals surface area contributed by atoms with Crippen molar-refractivity contribution in [2.24, 2.45) is 0 Å². The van der Waals surface area contributed by atoms with Crippen LogP contribution in [-0.2, 0) is 5.41 Å². The lowest BCUT2D eigenvalue weighted by atomic mass is 9.86. The van der Waals surface area contributed by atoms with Crippen molar-refractivity contribution in [3.63, 3.8) is 0 Å². The smallest absolute Gasteiger partial charge is 0.0284 e. The van der Waals surface area contributed by atoms with E-state index in [-0.39, 0.29) is 5.41 Å². The fourth-order valence-electron chi connectivity index (χ4n) is 1.29. The van der Waals surface area contributed by atoms with Crippen molar-refractivity contribution in [2.75, 3.05) is 0 Å². The molecule has 0 unspecified atom stereocenters. The minimum Gasteiger partial charge on any atom is -0.0984 e. The first-order valence-electron chi connectivity index (χ1n) is 4.38. The summed E-state index contributed by atoms with van der Waals surface area (Å²) in [5, 5.41) is 0. The van der Waals surface area contributed by atoms with Crippen molar-refractivity contribution in [2.45, 2.75) is 26.2 Å². The summed E-state index contributed by atoms with van der Waals surface area (Å²) in [6.45, 7) is 10.4. The molecule has 0 bridgehead atoms. The van der Waals surface area contributed by atoms with Crippen LogP contribution in [0.5, 0.6) is 0 Å². The second kappa shape index (κ2) is 3.67. The Bertz CT molecular complexity index is 318. The van der Waals surface area contributed by atoms with Crippen LogP contribution in [0.1, 0.15) is 31.9 Å². The third-order valence-corrected chi connectivity index (χ3v) is 2.94. The van der Waals surface area contributed by atoms with E-state index in [1.54, 1.807) is 0 Å². The number of halogens is 1. The minimum atomic E-state index is 0.178. The second-order valence-electron chi connectivity index (χ2n) is 4.16. The maximum atomic E-state index is 3.78. The van der Waals surface area contributed by atoms with Crippen LogP contribution < -0.4 is 0 Å². The molecule has 0 saturated carbocycles. The first kappa shape index (κ1) is 10.5. The Labute approximate surface area is 88.8 Å². The van der Waals surface area contributed by atoms with E-state index >= 15 is 0 Å². The lowest BCUT2D eigenvalue weighted by Crippen LogP contribution is -2.12. The van der Waals surface area contributed by atoms with Gasteiger partial charge in [0.2, 0.25) is 0 Å². The average Bonchev–Trinajstić information content (AvgIpc) is 2.02. The molecule has 0 nitrogen and oxygen atoms in total. The van der Waals surface area contributed by atoms with Gasteiger partial charge in [-0.15, -0.1) is 0 Å². The molecule has 0 fully saturated rings. The van der Waals surface area contributed by atoms with Crippen LogP contribution in [0.25, 0.3) is 6.08 Å². The van der Waals surface area contributed by atoms with Gasteiger partial charge in [0.25, 0.3) is 0 Å². The molecule has 1 aromatic rings. The summed E-state index contributed by atoms with van der Waals surface area (Å²) in [7, 11) is 0. The fraction of sp³-hybridized carbons (Fsp3) is 0.333. The van der Waals surface area contributed by atoms with Crippen LogP contribution in [0.4, 0.5) is 0 Å². The first-order valence-corrected chi connectivity index (χ1v) is 5.17. The van der Waals surface area contributed by atoms with Gasteiger partial charge in [0.1, 0.15) is 0 Å². The van der Waals surface area contributed by atoms with Crippen LogP contribution in [0.15, 0.2) is 29.3 Å². The molecular formula is C12H15Br. The molecule has 0 amide bonds. The van der Waals surface area contributed by atoms with Crippen LogP contribution in [0.2, 0.25) is 0 Å². The van der Waals surface area contributed by atoms with E-state index < -0.39 is 0 Å². The third-order valence-electron chi connectivity index (χ3n) is 2.06. The molecule has 70 valence electrons. The largest absolute Gasteiger partial charge is 0.0984 e. The van der Waals surface area contributed by atoms with E-state index in [0.717, 1.165) is 10.0 Å². The lowest BCUT2D eigenvalue weighted by Gasteiger charge is -2.21. The SMILES string of the molecule is C=Cc1cccc(C(C)(C)C)c1Br. The molecule has 1 heteroatoms. The van der Waals surface area contributed by atoms with Crippen LogP contribution in [0, 0.1) is 0 Å². The predicted molar refractivity (Wildman–Crippen MR) is 62.9 cm³/mol. The summed E-state index contributed by atoms with van der Waals surface area (Å²) in [5.41, 5.74) is 2.66. The van der Waals surface area contributed by atoms with Crippen molar-refractivity contribution >= 4 is 22.0 Å². The van der Waals surface area contributed by atoms with Crippen molar-refractivity contribution < 1.29 is 0 Å². The Balaban J connectivity index is 3.32. The van der Waals surface area contributed by atoms with E-state index in [9.17, 15) is 0 Å². The normalized spacial score (nSPS) is 11.4. The number of benzene rings is 1. The van der Waals surface area contributed by atoms with Gasteiger partial charge >= 0.3 is 0 Å². The Kier molecular flexibility index (Phi) is 2.97. The highest BCUT2D eigenvalue weighted by molar-refractivity contribution is 9.10. The molecule has 0 N–H and O–H groups in total. The Morgan fingerprint density at radius 1 is 1.31 bits per heavy atom. The highest BCUT2D eigenvalue weighted by atomic mass is 79.9. The Hall–Kier alpha value is -0.560. The third kappa shape index (κ3) is 2.22. The Morgan fingerprint density at radius 2 is 1.92 bits per heavy atom. The van der Waals surface area contributed by atoms with Gasteiger partial charge in [-0.3, -0.25) is 0 Å². The molecule has 0 aliphatic heterocycles. The maximum Gasteiger partial charge on any atom is 0.0284 e. The fourth-order valence-corrected chi connectivity index (χ4v) is 2.31. The molecule has 0 heterocycles. The van der Waals surface area contributed by atoms with E-state index in [1.807, 2.05) is 6.08 Å². The van der Waals surface area contributed by atoms with E-state index in [0.29, 0.717) is 0 Å². The van der Waals surface area contributed by atoms with Crippen LogP contribution in [-0.4, -0.2) is 0 Å². The quantitative estimate of drug-likeness (QED) is 0.681. The molecular weight excluding hydrogens is 224 g/mol. The number of hydrogen-bond acceptors (Lipinski definition) is 0. The van der Waals surface area contributed by atoms with Gasteiger partial charge in [-0.2, -0.15) is 0 Å². The summed E-state index contributed by atoms with van der Waals surface area (Å²) in [6.07, 6.45) is 1.87. The van der Waals surface area contributed by atoms with E-state index in [4.69, 9.17) is 0 Å². The zero-order valence-corrected chi connectivity index (χ0v) is 9.98. The van der Waals surface area contributed by atoms with Gasteiger partial charge in [0.05, 0.1) is 0 Å². The molecule has 0 spiro atoms. The topological polar surface area (TPSA) is 0 Å². The molecule has 13 heavy (non-hydrogen) atoms. The molecule has 0 radical (unpaired) electrons. The van der Waals surface area contributed by atoms with E-state index in [1.165, 1.54) is 5.56 Å². The van der Waals surface area contributed by atoms with Gasteiger partial charge in [-0.25, -0.2) is 0 Å². The maximum absolute atomic E-state index is 3.78. The summed E-state index contributed by atoms with van der Waals surface area (Å²) < 4.78 is 1.16. The lowest BCUT2D eigenvalue weighted by molar-refractivity contribution is 0.587. The second-order valence-corrected chi connectivity index (χ2v) is 4.96. The highest BCUT2D eigenvalue weighted by Crippen LogP contribution is 2.32. The summed E-state index contributed by atoms with van der Waals surface area (Å²) >= 11 is 3.61. The predicted octanol–water partition coefficient (Wildman–Crippen LogP) is 4.39. The van der Waals surface area contributed by atoms with Crippen molar-refractivity contribution in [3.8, 4) is 0 Å². The molecule has 1 aromatic carbocycles.